The molecule has 1 atom stereocenters. The van der Waals surface area contributed by atoms with Crippen molar-refractivity contribution in [2.45, 2.75) is 43.6 Å². The Hall–Kier alpha value is -3.37. The van der Waals surface area contributed by atoms with Crippen LogP contribution in [0.5, 0.6) is 5.75 Å². The lowest BCUT2D eigenvalue weighted by Crippen LogP contribution is -2.47. The molecule has 4 aliphatic heterocycles. The normalized spacial score (nSPS) is 22.7. The summed E-state index contributed by atoms with van der Waals surface area (Å²) in [4.78, 5) is 29.3. The van der Waals surface area contributed by atoms with Crippen molar-refractivity contribution in [2.75, 3.05) is 38.1 Å². The molecule has 34 heavy (non-hydrogen) atoms. The summed E-state index contributed by atoms with van der Waals surface area (Å²) < 4.78 is 6.09. The number of nitrogens with one attached hydrogen (secondary N) is 1. The van der Waals surface area contributed by atoms with Crippen LogP contribution in [0.2, 0.25) is 0 Å². The first kappa shape index (κ1) is 21.2. The summed E-state index contributed by atoms with van der Waals surface area (Å²) in [6.07, 6.45) is 3.96. The third-order valence-electron chi connectivity index (χ3n) is 8.16. The highest BCUT2D eigenvalue weighted by Gasteiger charge is 2.48. The van der Waals surface area contributed by atoms with E-state index in [4.69, 9.17) is 4.74 Å². The van der Waals surface area contributed by atoms with Gasteiger partial charge in [0.15, 0.2) is 0 Å². The minimum Gasteiger partial charge on any atom is -0.492 e. The molecule has 0 bridgehead atoms. The van der Waals surface area contributed by atoms with Crippen molar-refractivity contribution >= 4 is 17.5 Å². The monoisotopic (exact) mass is 456 g/mol. The van der Waals surface area contributed by atoms with Crippen LogP contribution < -0.4 is 10.1 Å². The highest BCUT2D eigenvalue weighted by Crippen LogP contribution is 2.45. The van der Waals surface area contributed by atoms with E-state index in [0.29, 0.717) is 18.6 Å². The van der Waals surface area contributed by atoms with Gasteiger partial charge < -0.3 is 15.0 Å². The molecule has 4 heterocycles. The van der Waals surface area contributed by atoms with Crippen molar-refractivity contribution in [1.29, 1.82) is 5.26 Å². The van der Waals surface area contributed by atoms with E-state index in [1.807, 2.05) is 23.1 Å². The van der Waals surface area contributed by atoms with Crippen molar-refractivity contribution in [3.8, 4) is 11.8 Å². The van der Waals surface area contributed by atoms with E-state index >= 15 is 0 Å². The number of benzene rings is 2. The van der Waals surface area contributed by atoms with Gasteiger partial charge in [-0.3, -0.25) is 14.5 Å². The van der Waals surface area contributed by atoms with Crippen molar-refractivity contribution in [2.24, 2.45) is 0 Å². The highest BCUT2D eigenvalue weighted by atomic mass is 16.5. The van der Waals surface area contributed by atoms with Crippen LogP contribution in [0.4, 0.5) is 5.69 Å². The van der Waals surface area contributed by atoms with Crippen molar-refractivity contribution in [1.82, 2.24) is 9.80 Å². The molecular weight excluding hydrogens is 428 g/mol. The van der Waals surface area contributed by atoms with Crippen LogP contribution in [0.3, 0.4) is 0 Å². The molecule has 0 radical (unpaired) electrons. The predicted molar refractivity (Wildman–Crippen MR) is 126 cm³/mol. The van der Waals surface area contributed by atoms with Crippen molar-refractivity contribution in [3.63, 3.8) is 0 Å². The number of ether oxygens (including phenoxy) is 1. The number of hydrogen-bond donors (Lipinski definition) is 1. The van der Waals surface area contributed by atoms with E-state index in [1.165, 1.54) is 11.1 Å². The van der Waals surface area contributed by atoms with Crippen LogP contribution in [-0.4, -0.2) is 54.4 Å². The summed E-state index contributed by atoms with van der Waals surface area (Å²) in [5, 5.41) is 12.3. The number of likely N-dealkylation sites (tertiary alicyclic amines) is 1. The Labute approximate surface area is 199 Å². The Balaban J connectivity index is 1.05. The third kappa shape index (κ3) is 3.36. The van der Waals surface area contributed by atoms with Gasteiger partial charge in [0.2, 0.25) is 11.8 Å². The van der Waals surface area contributed by atoms with Gasteiger partial charge in [-0.15, -0.1) is 0 Å². The SMILES string of the molecule is N#Cc1ccc2c(c1)C1(CCN(CCOc3ccc4c(c3)CCN3C(=O)CCC43)CC1)C(=O)N2. The van der Waals surface area contributed by atoms with Gasteiger partial charge in [0, 0.05) is 25.2 Å². The molecular formula is C27H28N4O3. The number of carbonyl (C=O) groups is 2. The van der Waals surface area contributed by atoms with Crippen LogP contribution in [0.15, 0.2) is 36.4 Å². The Bertz CT molecular complexity index is 1210. The number of hydrogen-bond acceptors (Lipinski definition) is 5. The molecule has 2 aromatic rings. The first-order valence-corrected chi connectivity index (χ1v) is 12.2. The second kappa shape index (κ2) is 8.14. The fourth-order valence-corrected chi connectivity index (χ4v) is 6.22. The summed E-state index contributed by atoms with van der Waals surface area (Å²) in [5.41, 5.74) is 4.48. The highest BCUT2D eigenvalue weighted by molar-refractivity contribution is 6.06. The molecule has 174 valence electrons. The maximum absolute atomic E-state index is 12.9. The fraction of sp³-hybridized carbons (Fsp3) is 0.444. The van der Waals surface area contributed by atoms with Crippen LogP contribution in [-0.2, 0) is 21.4 Å². The first-order chi connectivity index (χ1) is 16.6. The Morgan fingerprint density at radius 2 is 1.94 bits per heavy atom. The van der Waals surface area contributed by atoms with Gasteiger partial charge in [0.25, 0.3) is 0 Å². The van der Waals surface area contributed by atoms with Gasteiger partial charge >= 0.3 is 0 Å². The number of nitriles is 1. The van der Waals surface area contributed by atoms with E-state index in [1.54, 1.807) is 6.07 Å². The Kier molecular flexibility index (Phi) is 5.07. The minimum absolute atomic E-state index is 0.0603. The Morgan fingerprint density at radius 3 is 2.76 bits per heavy atom. The van der Waals surface area contributed by atoms with E-state index in [-0.39, 0.29) is 17.9 Å². The lowest BCUT2D eigenvalue weighted by Gasteiger charge is -2.38. The zero-order valence-corrected chi connectivity index (χ0v) is 19.2. The number of carbonyl (C=O) groups excluding carboxylic acids is 2. The van der Waals surface area contributed by atoms with Crippen LogP contribution in [0.1, 0.15) is 54.0 Å². The average molecular weight is 457 g/mol. The summed E-state index contributed by atoms with van der Waals surface area (Å²) >= 11 is 0. The smallest absolute Gasteiger partial charge is 0.235 e. The molecule has 4 aliphatic rings. The number of piperidine rings is 1. The summed E-state index contributed by atoms with van der Waals surface area (Å²) in [5.74, 6) is 1.23. The molecule has 0 saturated carbocycles. The Morgan fingerprint density at radius 1 is 1.09 bits per heavy atom. The summed E-state index contributed by atoms with van der Waals surface area (Å²) in [6.45, 7) is 3.86. The number of fused-ring (bicyclic) bond motifs is 5. The van der Waals surface area contributed by atoms with Gasteiger partial charge in [-0.05, 0) is 85.8 Å². The number of rotatable bonds is 4. The summed E-state index contributed by atoms with van der Waals surface area (Å²) in [7, 11) is 0. The van der Waals surface area contributed by atoms with Gasteiger partial charge in [0.1, 0.15) is 12.4 Å². The third-order valence-corrected chi connectivity index (χ3v) is 8.16. The maximum atomic E-state index is 12.9. The lowest BCUT2D eigenvalue weighted by molar-refractivity contribution is -0.129. The largest absolute Gasteiger partial charge is 0.492 e. The molecule has 2 aromatic carbocycles. The molecule has 1 spiro atoms. The molecule has 0 aromatic heterocycles. The zero-order valence-electron chi connectivity index (χ0n) is 19.2. The van der Waals surface area contributed by atoms with Gasteiger partial charge in [-0.25, -0.2) is 0 Å². The maximum Gasteiger partial charge on any atom is 0.235 e. The number of nitrogens with zero attached hydrogens (tertiary/aromatic N) is 3. The van der Waals surface area contributed by atoms with E-state index in [0.717, 1.165) is 68.9 Å². The first-order valence-electron chi connectivity index (χ1n) is 12.2. The zero-order chi connectivity index (χ0) is 23.3. The standard InChI is InChI=1S/C27H28N4O3/c28-17-18-1-4-23-22(15-18)27(26(33)29-23)8-11-30(12-9-27)13-14-34-20-2-3-21-19(16-20)7-10-31-24(21)5-6-25(31)32/h1-4,15-16,24H,5-14H2,(H,29,33). The van der Waals surface area contributed by atoms with Crippen LogP contribution >= 0.6 is 0 Å². The topological polar surface area (TPSA) is 85.7 Å². The molecule has 6 rings (SSSR count). The van der Waals surface area contributed by atoms with Crippen LogP contribution in [0, 0.1) is 11.3 Å². The van der Waals surface area contributed by atoms with Crippen molar-refractivity contribution < 1.29 is 14.3 Å². The molecule has 1 unspecified atom stereocenters. The van der Waals surface area contributed by atoms with E-state index in [2.05, 4.69) is 28.4 Å². The minimum atomic E-state index is -0.520. The lowest BCUT2D eigenvalue weighted by atomic mass is 9.73. The van der Waals surface area contributed by atoms with Gasteiger partial charge in [-0.1, -0.05) is 6.07 Å². The second-order valence-electron chi connectivity index (χ2n) is 9.85. The molecule has 0 aliphatic carbocycles. The fourth-order valence-electron chi connectivity index (χ4n) is 6.22. The molecule has 7 heteroatoms. The second-order valence-corrected chi connectivity index (χ2v) is 9.85. The van der Waals surface area contributed by atoms with Crippen molar-refractivity contribution in [3.05, 3.63) is 58.7 Å². The van der Waals surface area contributed by atoms with Gasteiger partial charge in [-0.2, -0.15) is 5.26 Å². The van der Waals surface area contributed by atoms with Gasteiger partial charge in [0.05, 0.1) is 23.1 Å². The molecule has 7 nitrogen and oxygen atoms in total. The van der Waals surface area contributed by atoms with E-state index in [9.17, 15) is 14.9 Å². The van der Waals surface area contributed by atoms with Crippen LogP contribution in [0.25, 0.3) is 0 Å². The molecule has 2 fully saturated rings. The number of amides is 2. The van der Waals surface area contributed by atoms with E-state index < -0.39 is 5.41 Å². The molecule has 2 saturated heterocycles. The predicted octanol–water partition coefficient (Wildman–Crippen LogP) is 3.14. The quantitative estimate of drug-likeness (QED) is 0.764. The summed E-state index contributed by atoms with van der Waals surface area (Å²) in [6, 6.07) is 14.2. The molecule has 1 N–H and O–H groups in total. The average Bonchev–Trinajstić information content (AvgIpc) is 3.37. The number of anilines is 1. The molecule has 2 amide bonds.